The molecule has 3 rings (SSSR count). The minimum absolute atomic E-state index is 0.0552. The third-order valence-corrected chi connectivity index (χ3v) is 4.71. The standard InChI is InChI=1S/C24H21ClN2O3/c1-16-11-13-17(14-12-16)23(28)27-21(15-18-7-3-4-8-19(18)25)24(29)26-20-9-5-6-10-22(20)30-2/h3-15H,1-2H3,(H,26,29)(H,27,28). The molecule has 0 heterocycles. The van der Waals surface area contributed by atoms with Crippen LogP contribution in [-0.4, -0.2) is 18.9 Å². The van der Waals surface area contributed by atoms with Crippen LogP contribution in [0.15, 0.2) is 78.5 Å². The second kappa shape index (κ2) is 9.76. The van der Waals surface area contributed by atoms with Gasteiger partial charge in [0.05, 0.1) is 12.8 Å². The lowest BCUT2D eigenvalue weighted by Crippen LogP contribution is -2.30. The van der Waals surface area contributed by atoms with Crippen LogP contribution < -0.4 is 15.4 Å². The normalized spacial score (nSPS) is 11.0. The molecule has 152 valence electrons. The van der Waals surface area contributed by atoms with Gasteiger partial charge >= 0.3 is 0 Å². The number of anilines is 1. The van der Waals surface area contributed by atoms with Gasteiger partial charge in [0.1, 0.15) is 11.4 Å². The van der Waals surface area contributed by atoms with E-state index in [4.69, 9.17) is 16.3 Å². The maximum atomic E-state index is 13.0. The van der Waals surface area contributed by atoms with Gasteiger partial charge in [-0.1, -0.05) is 59.6 Å². The van der Waals surface area contributed by atoms with E-state index in [1.807, 2.05) is 19.1 Å². The highest BCUT2D eigenvalue weighted by Gasteiger charge is 2.17. The molecule has 0 spiro atoms. The molecule has 0 saturated heterocycles. The molecule has 0 atom stereocenters. The molecule has 6 heteroatoms. The quantitative estimate of drug-likeness (QED) is 0.547. The van der Waals surface area contributed by atoms with Crippen molar-refractivity contribution < 1.29 is 14.3 Å². The van der Waals surface area contributed by atoms with Gasteiger partial charge in [0.25, 0.3) is 11.8 Å². The Bertz CT molecular complexity index is 1090. The van der Waals surface area contributed by atoms with Crippen LogP contribution in [0.5, 0.6) is 5.75 Å². The Morgan fingerprint density at radius 2 is 1.60 bits per heavy atom. The number of para-hydroxylation sites is 2. The van der Waals surface area contributed by atoms with E-state index in [0.29, 0.717) is 27.6 Å². The second-order valence-corrected chi connectivity index (χ2v) is 6.96. The molecule has 0 fully saturated rings. The summed E-state index contributed by atoms with van der Waals surface area (Å²) in [7, 11) is 1.52. The number of ether oxygens (including phenoxy) is 1. The van der Waals surface area contributed by atoms with Crippen LogP contribution in [0.4, 0.5) is 5.69 Å². The zero-order valence-electron chi connectivity index (χ0n) is 16.6. The van der Waals surface area contributed by atoms with E-state index in [2.05, 4.69) is 10.6 Å². The summed E-state index contributed by atoms with van der Waals surface area (Å²) in [5, 5.41) is 5.94. The van der Waals surface area contributed by atoms with E-state index in [9.17, 15) is 9.59 Å². The molecule has 5 nitrogen and oxygen atoms in total. The minimum Gasteiger partial charge on any atom is -0.495 e. The van der Waals surface area contributed by atoms with E-state index in [-0.39, 0.29) is 5.70 Å². The molecule has 3 aromatic carbocycles. The largest absolute Gasteiger partial charge is 0.495 e. The zero-order valence-corrected chi connectivity index (χ0v) is 17.4. The number of benzene rings is 3. The number of nitrogens with one attached hydrogen (secondary N) is 2. The Morgan fingerprint density at radius 1 is 0.933 bits per heavy atom. The number of carbonyl (C=O) groups is 2. The maximum absolute atomic E-state index is 13.0. The van der Waals surface area contributed by atoms with Crippen molar-refractivity contribution in [2.45, 2.75) is 6.92 Å². The predicted molar refractivity (Wildman–Crippen MR) is 120 cm³/mol. The minimum atomic E-state index is -0.500. The summed E-state index contributed by atoms with van der Waals surface area (Å²) in [5.41, 5.74) is 2.62. The Balaban J connectivity index is 1.92. The number of amides is 2. The summed E-state index contributed by atoms with van der Waals surface area (Å²) in [4.78, 5) is 25.8. The first-order valence-electron chi connectivity index (χ1n) is 9.26. The average Bonchev–Trinajstić information content (AvgIpc) is 2.75. The Morgan fingerprint density at radius 3 is 2.30 bits per heavy atom. The van der Waals surface area contributed by atoms with Crippen LogP contribution in [0, 0.1) is 6.92 Å². The Labute approximate surface area is 180 Å². The van der Waals surface area contributed by atoms with Crippen molar-refractivity contribution in [3.05, 3.63) is 100 Å². The van der Waals surface area contributed by atoms with Crippen molar-refractivity contribution in [2.24, 2.45) is 0 Å². The summed E-state index contributed by atoms with van der Waals surface area (Å²) in [6.45, 7) is 1.94. The first kappa shape index (κ1) is 21.1. The first-order chi connectivity index (χ1) is 14.5. The number of carbonyl (C=O) groups excluding carboxylic acids is 2. The number of hydrogen-bond acceptors (Lipinski definition) is 3. The third kappa shape index (κ3) is 5.27. The monoisotopic (exact) mass is 420 g/mol. The van der Waals surface area contributed by atoms with E-state index in [0.717, 1.165) is 5.56 Å². The van der Waals surface area contributed by atoms with Gasteiger partial charge in [-0.05, 0) is 48.9 Å². The predicted octanol–water partition coefficient (Wildman–Crippen LogP) is 5.07. The highest BCUT2D eigenvalue weighted by atomic mass is 35.5. The van der Waals surface area contributed by atoms with Crippen molar-refractivity contribution >= 4 is 35.2 Å². The Hall–Kier alpha value is -3.57. The molecule has 30 heavy (non-hydrogen) atoms. The van der Waals surface area contributed by atoms with Gasteiger partial charge in [0, 0.05) is 10.6 Å². The fourth-order valence-corrected chi connectivity index (χ4v) is 2.93. The number of aryl methyl sites for hydroxylation is 1. The van der Waals surface area contributed by atoms with Gasteiger partial charge in [0.2, 0.25) is 0 Å². The van der Waals surface area contributed by atoms with Gasteiger partial charge in [-0.2, -0.15) is 0 Å². The van der Waals surface area contributed by atoms with E-state index in [1.54, 1.807) is 66.7 Å². The second-order valence-electron chi connectivity index (χ2n) is 6.55. The molecule has 3 aromatic rings. The van der Waals surface area contributed by atoms with Crippen LogP contribution in [0.2, 0.25) is 5.02 Å². The van der Waals surface area contributed by atoms with E-state index in [1.165, 1.54) is 7.11 Å². The van der Waals surface area contributed by atoms with Gasteiger partial charge < -0.3 is 15.4 Å². The van der Waals surface area contributed by atoms with Crippen LogP contribution in [0.25, 0.3) is 6.08 Å². The molecule has 0 aliphatic carbocycles. The molecule has 0 radical (unpaired) electrons. The highest BCUT2D eigenvalue weighted by molar-refractivity contribution is 6.32. The summed E-state index contributed by atoms with van der Waals surface area (Å²) in [6, 6.07) is 21.2. The van der Waals surface area contributed by atoms with E-state index >= 15 is 0 Å². The number of methoxy groups -OCH3 is 1. The number of halogens is 1. The topological polar surface area (TPSA) is 67.4 Å². The fourth-order valence-electron chi connectivity index (χ4n) is 2.74. The average molecular weight is 421 g/mol. The molecule has 0 aliphatic heterocycles. The summed E-state index contributed by atoms with van der Waals surface area (Å²) >= 11 is 6.24. The van der Waals surface area contributed by atoms with Crippen molar-refractivity contribution in [2.75, 3.05) is 12.4 Å². The van der Waals surface area contributed by atoms with Crippen molar-refractivity contribution in [1.29, 1.82) is 0 Å². The highest BCUT2D eigenvalue weighted by Crippen LogP contribution is 2.24. The summed E-state index contributed by atoms with van der Waals surface area (Å²) < 4.78 is 5.28. The molecule has 0 bridgehead atoms. The van der Waals surface area contributed by atoms with E-state index < -0.39 is 11.8 Å². The number of rotatable bonds is 6. The van der Waals surface area contributed by atoms with Crippen molar-refractivity contribution in [3.8, 4) is 5.75 Å². The summed E-state index contributed by atoms with van der Waals surface area (Å²) in [5.74, 6) is -0.392. The molecule has 0 saturated carbocycles. The van der Waals surface area contributed by atoms with Gasteiger partial charge in [0.15, 0.2) is 0 Å². The molecule has 0 aliphatic rings. The Kier molecular flexibility index (Phi) is 6.88. The van der Waals surface area contributed by atoms with Gasteiger partial charge in [-0.15, -0.1) is 0 Å². The summed E-state index contributed by atoms with van der Waals surface area (Å²) in [6.07, 6.45) is 1.54. The van der Waals surface area contributed by atoms with Crippen LogP contribution in [-0.2, 0) is 4.79 Å². The lowest BCUT2D eigenvalue weighted by atomic mass is 10.1. The fraction of sp³-hybridized carbons (Fsp3) is 0.0833. The molecule has 2 N–H and O–H groups in total. The number of hydrogen-bond donors (Lipinski definition) is 2. The third-order valence-electron chi connectivity index (χ3n) is 4.37. The SMILES string of the molecule is COc1ccccc1NC(=O)C(=Cc1ccccc1Cl)NC(=O)c1ccc(C)cc1. The smallest absolute Gasteiger partial charge is 0.272 e. The molecular weight excluding hydrogens is 400 g/mol. The lowest BCUT2D eigenvalue weighted by molar-refractivity contribution is -0.113. The zero-order chi connectivity index (χ0) is 21.5. The molecule has 0 aromatic heterocycles. The van der Waals surface area contributed by atoms with Gasteiger partial charge in [-0.25, -0.2) is 0 Å². The van der Waals surface area contributed by atoms with Crippen LogP contribution in [0.3, 0.4) is 0 Å². The van der Waals surface area contributed by atoms with Crippen molar-refractivity contribution in [3.63, 3.8) is 0 Å². The van der Waals surface area contributed by atoms with Gasteiger partial charge in [-0.3, -0.25) is 9.59 Å². The van der Waals surface area contributed by atoms with Crippen LogP contribution in [0.1, 0.15) is 21.5 Å². The first-order valence-corrected chi connectivity index (χ1v) is 9.64. The molecule has 2 amide bonds. The molecule has 0 unspecified atom stereocenters. The molecular formula is C24H21ClN2O3. The van der Waals surface area contributed by atoms with Crippen molar-refractivity contribution in [1.82, 2.24) is 5.32 Å². The van der Waals surface area contributed by atoms with Crippen LogP contribution >= 0.6 is 11.6 Å². The maximum Gasteiger partial charge on any atom is 0.272 e. The lowest BCUT2D eigenvalue weighted by Gasteiger charge is -2.13.